The molecule has 0 N–H and O–H groups in total. The number of benzene rings is 2. The van der Waals surface area contributed by atoms with Gasteiger partial charge in [-0.3, -0.25) is 14.2 Å². The van der Waals surface area contributed by atoms with Crippen LogP contribution >= 0.6 is 11.3 Å². The molecule has 9 nitrogen and oxygen atoms in total. The molecule has 3 aromatic rings. The van der Waals surface area contributed by atoms with E-state index in [4.69, 9.17) is 14.5 Å². The molecule has 2 atom stereocenters. The van der Waals surface area contributed by atoms with E-state index < -0.39 is 17.9 Å². The molecule has 2 aromatic carbocycles. The van der Waals surface area contributed by atoms with E-state index in [0.717, 1.165) is 6.42 Å². The molecule has 10 heteroatoms. The second kappa shape index (κ2) is 11.4. The molecule has 0 bridgehead atoms. The molecular formula is C30H30N4O5S. The maximum atomic E-state index is 14.0. The Bertz CT molecular complexity index is 1700. The van der Waals surface area contributed by atoms with E-state index in [1.807, 2.05) is 55.5 Å². The first-order valence-corrected chi connectivity index (χ1v) is 14.0. The molecule has 0 radical (unpaired) electrons. The highest BCUT2D eigenvalue weighted by molar-refractivity contribution is 7.07. The average Bonchev–Trinajstić information content (AvgIpc) is 3.43. The van der Waals surface area contributed by atoms with Crippen LogP contribution in [0.3, 0.4) is 0 Å². The van der Waals surface area contributed by atoms with Crippen LogP contribution in [0.1, 0.15) is 45.2 Å². The lowest BCUT2D eigenvalue weighted by atomic mass is 9.93. The molecule has 0 unspecified atom stereocenters. The van der Waals surface area contributed by atoms with Gasteiger partial charge in [0.1, 0.15) is 17.7 Å². The molecule has 40 heavy (non-hydrogen) atoms. The number of rotatable bonds is 8. The van der Waals surface area contributed by atoms with Gasteiger partial charge in [-0.25, -0.2) is 9.79 Å². The van der Waals surface area contributed by atoms with Crippen molar-refractivity contribution < 1.29 is 19.1 Å². The highest BCUT2D eigenvalue weighted by Gasteiger charge is 2.37. The Morgan fingerprint density at radius 1 is 1.07 bits per heavy atom. The van der Waals surface area contributed by atoms with Crippen LogP contribution in [0.25, 0.3) is 6.08 Å². The van der Waals surface area contributed by atoms with Gasteiger partial charge in [-0.1, -0.05) is 61.1 Å². The number of carbonyl (C=O) groups excluding carboxylic acids is 2. The zero-order chi connectivity index (χ0) is 28.4. The van der Waals surface area contributed by atoms with Crippen LogP contribution in [0.5, 0.6) is 5.75 Å². The SMILES string of the molecule is CCCC1=C(C(=O)OCC)[C@@H](c2ccccc2OC)n2c(s/c(=C/[C@H]3C(=O)N(c4ccccc4)N=C3C)c2=O)=N1. The predicted molar refractivity (Wildman–Crippen MR) is 154 cm³/mol. The number of hydrazone groups is 1. The van der Waals surface area contributed by atoms with E-state index in [-0.39, 0.29) is 18.1 Å². The van der Waals surface area contributed by atoms with Crippen LogP contribution in [-0.4, -0.2) is 35.9 Å². The number of methoxy groups -OCH3 is 1. The molecule has 0 spiro atoms. The van der Waals surface area contributed by atoms with Gasteiger partial charge in [-0.2, -0.15) is 10.1 Å². The normalized spacial score (nSPS) is 18.9. The lowest BCUT2D eigenvalue weighted by Gasteiger charge is -2.26. The third kappa shape index (κ3) is 4.79. The predicted octanol–water partition coefficient (Wildman–Crippen LogP) is 3.58. The Kier molecular flexibility index (Phi) is 7.79. The number of hydrogen-bond acceptors (Lipinski definition) is 8. The second-order valence-electron chi connectivity index (χ2n) is 9.38. The fourth-order valence-corrected chi connectivity index (χ4v) is 6.03. The molecule has 3 heterocycles. The monoisotopic (exact) mass is 558 g/mol. The number of thiazole rings is 1. The van der Waals surface area contributed by atoms with Crippen LogP contribution < -0.4 is 24.6 Å². The Labute approximate surface area is 235 Å². The standard InChI is InChI=1S/C30H30N4O5S/c1-5-12-22-25(29(37)39-6-2)26(20-15-10-11-16-23(20)38-4)33-28(36)24(40-30(33)31-22)17-21-18(3)32-34(27(21)35)19-13-8-7-9-14-19/h7-11,13-17,21,26H,5-6,12H2,1-4H3/b24-17+/t21-,26-/m1/s1. The lowest BCUT2D eigenvalue weighted by Crippen LogP contribution is -2.40. The molecule has 0 saturated heterocycles. The molecule has 1 aromatic heterocycles. The van der Waals surface area contributed by atoms with E-state index in [1.165, 1.54) is 20.9 Å². The summed E-state index contributed by atoms with van der Waals surface area (Å²) in [4.78, 5) is 46.0. The van der Waals surface area contributed by atoms with Crippen molar-refractivity contribution in [3.8, 4) is 5.75 Å². The summed E-state index contributed by atoms with van der Waals surface area (Å²) in [6.45, 7) is 5.71. The van der Waals surface area contributed by atoms with Crippen molar-refractivity contribution in [3.05, 3.63) is 91.1 Å². The quantitative estimate of drug-likeness (QED) is 0.394. The van der Waals surface area contributed by atoms with Crippen molar-refractivity contribution in [2.24, 2.45) is 16.0 Å². The molecule has 2 aliphatic rings. The highest BCUT2D eigenvalue weighted by atomic mass is 32.1. The van der Waals surface area contributed by atoms with Gasteiger partial charge in [0.15, 0.2) is 4.80 Å². The maximum Gasteiger partial charge on any atom is 0.338 e. The number of allylic oxidation sites excluding steroid dienone is 1. The molecule has 206 valence electrons. The number of hydrogen-bond donors (Lipinski definition) is 0. The summed E-state index contributed by atoms with van der Waals surface area (Å²) >= 11 is 1.19. The van der Waals surface area contributed by atoms with E-state index in [2.05, 4.69) is 5.10 Å². The number of amides is 1. The largest absolute Gasteiger partial charge is 0.496 e. The van der Waals surface area contributed by atoms with E-state index in [9.17, 15) is 14.4 Å². The Hall–Kier alpha value is -4.31. The Morgan fingerprint density at radius 2 is 1.80 bits per heavy atom. The number of ether oxygens (including phenoxy) is 2. The zero-order valence-electron chi connectivity index (χ0n) is 22.8. The Morgan fingerprint density at radius 3 is 2.50 bits per heavy atom. The second-order valence-corrected chi connectivity index (χ2v) is 10.4. The van der Waals surface area contributed by atoms with Crippen molar-refractivity contribution in [1.29, 1.82) is 0 Å². The first kappa shape index (κ1) is 27.3. The number of anilines is 1. The summed E-state index contributed by atoms with van der Waals surface area (Å²) in [5.74, 6) is -0.929. The lowest BCUT2D eigenvalue weighted by molar-refractivity contribution is -0.139. The van der Waals surface area contributed by atoms with Gasteiger partial charge in [0, 0.05) is 5.56 Å². The molecule has 2 aliphatic heterocycles. The van der Waals surface area contributed by atoms with Gasteiger partial charge >= 0.3 is 5.97 Å². The summed E-state index contributed by atoms with van der Waals surface area (Å²) in [6, 6.07) is 15.7. The summed E-state index contributed by atoms with van der Waals surface area (Å²) in [6.07, 6.45) is 2.93. The summed E-state index contributed by atoms with van der Waals surface area (Å²) in [5, 5.41) is 5.83. The fraction of sp³-hybridized carbons (Fsp3) is 0.300. The molecule has 0 fully saturated rings. The van der Waals surface area contributed by atoms with Gasteiger partial charge in [-0.15, -0.1) is 0 Å². The van der Waals surface area contributed by atoms with Crippen molar-refractivity contribution >= 4 is 40.7 Å². The zero-order valence-corrected chi connectivity index (χ0v) is 23.6. The first-order valence-electron chi connectivity index (χ1n) is 13.2. The van der Waals surface area contributed by atoms with Gasteiger partial charge in [0.2, 0.25) is 0 Å². The number of aromatic nitrogens is 1. The van der Waals surface area contributed by atoms with Crippen LogP contribution in [0.15, 0.2) is 80.8 Å². The first-order chi connectivity index (χ1) is 19.4. The van der Waals surface area contributed by atoms with Crippen molar-refractivity contribution in [3.63, 3.8) is 0 Å². The minimum Gasteiger partial charge on any atom is -0.496 e. The average molecular weight is 559 g/mol. The number of esters is 1. The fourth-order valence-electron chi connectivity index (χ4n) is 5.00. The van der Waals surface area contributed by atoms with Gasteiger partial charge in [-0.05, 0) is 44.5 Å². The minimum absolute atomic E-state index is 0.186. The summed E-state index contributed by atoms with van der Waals surface area (Å²) in [7, 11) is 1.55. The third-order valence-corrected chi connectivity index (χ3v) is 7.83. The van der Waals surface area contributed by atoms with Crippen LogP contribution in [0.4, 0.5) is 5.69 Å². The van der Waals surface area contributed by atoms with Gasteiger partial charge in [0.25, 0.3) is 11.5 Å². The smallest absolute Gasteiger partial charge is 0.338 e. The van der Waals surface area contributed by atoms with Crippen molar-refractivity contribution in [2.75, 3.05) is 18.7 Å². The number of fused-ring (bicyclic) bond motifs is 1. The number of nitrogens with zero attached hydrogens (tertiary/aromatic N) is 4. The molecule has 5 rings (SSSR count). The van der Waals surface area contributed by atoms with Crippen molar-refractivity contribution in [2.45, 2.75) is 39.7 Å². The topological polar surface area (TPSA) is 103 Å². The van der Waals surface area contributed by atoms with E-state index >= 15 is 0 Å². The highest BCUT2D eigenvalue weighted by Crippen LogP contribution is 2.37. The molecule has 0 saturated carbocycles. The van der Waals surface area contributed by atoms with Crippen LogP contribution in [0.2, 0.25) is 0 Å². The summed E-state index contributed by atoms with van der Waals surface area (Å²) in [5.41, 5.74) is 2.43. The van der Waals surface area contributed by atoms with E-state index in [1.54, 1.807) is 33.1 Å². The minimum atomic E-state index is -0.801. The summed E-state index contributed by atoms with van der Waals surface area (Å²) < 4.78 is 13.0. The molecular weight excluding hydrogens is 528 g/mol. The maximum absolute atomic E-state index is 14.0. The Balaban J connectivity index is 1.69. The van der Waals surface area contributed by atoms with Crippen molar-refractivity contribution in [1.82, 2.24) is 4.57 Å². The number of carbonyl (C=O) groups is 2. The molecule has 1 amide bonds. The van der Waals surface area contributed by atoms with Crippen LogP contribution in [0, 0.1) is 5.92 Å². The van der Waals surface area contributed by atoms with Crippen LogP contribution in [-0.2, 0) is 14.3 Å². The molecule has 0 aliphatic carbocycles. The van der Waals surface area contributed by atoms with E-state index in [0.29, 0.717) is 49.7 Å². The number of para-hydroxylation sites is 2. The third-order valence-electron chi connectivity index (χ3n) is 6.83. The van der Waals surface area contributed by atoms with Gasteiger partial charge < -0.3 is 9.47 Å². The van der Waals surface area contributed by atoms with Gasteiger partial charge in [0.05, 0.1) is 40.9 Å².